The number of halogens is 1. The van der Waals surface area contributed by atoms with Crippen LogP contribution in [0.1, 0.15) is 27.7 Å². The fraction of sp³-hybridized carbons (Fsp3) is 1.00. The quantitative estimate of drug-likeness (QED) is 0.625. The molecular formula is C8H18ClOP. The average molecular weight is 197 g/mol. The summed E-state index contributed by atoms with van der Waals surface area (Å²) in [6, 6.07) is 0. The van der Waals surface area contributed by atoms with Gasteiger partial charge in [-0.3, -0.25) is 0 Å². The topological polar surface area (TPSA) is 17.1 Å². The van der Waals surface area contributed by atoms with Crippen LogP contribution in [0, 0.1) is 11.8 Å². The van der Waals surface area contributed by atoms with E-state index in [1.54, 1.807) is 0 Å². The van der Waals surface area contributed by atoms with Crippen LogP contribution < -0.4 is 0 Å². The third-order valence-corrected chi connectivity index (χ3v) is 4.65. The van der Waals surface area contributed by atoms with Crippen LogP contribution in [0.3, 0.4) is 0 Å². The van der Waals surface area contributed by atoms with Gasteiger partial charge in [0.15, 0.2) is 6.49 Å². The summed E-state index contributed by atoms with van der Waals surface area (Å²) >= 11 is 5.88. The predicted molar refractivity (Wildman–Crippen MR) is 52.9 cm³/mol. The number of rotatable bonds is 4. The van der Waals surface area contributed by atoms with E-state index in [4.69, 9.17) is 11.2 Å². The van der Waals surface area contributed by atoms with Gasteiger partial charge in [-0.25, -0.2) is 0 Å². The minimum Gasteiger partial charge on any atom is -0.307 e. The van der Waals surface area contributed by atoms with E-state index in [1.807, 2.05) is 0 Å². The zero-order valence-corrected chi connectivity index (χ0v) is 9.45. The molecule has 0 atom stereocenters. The van der Waals surface area contributed by atoms with E-state index >= 15 is 0 Å². The van der Waals surface area contributed by atoms with Gasteiger partial charge in [0, 0.05) is 12.3 Å². The fourth-order valence-corrected chi connectivity index (χ4v) is 5.15. The Bertz CT molecular complexity index is 140. The molecule has 0 radical (unpaired) electrons. The molecule has 0 aliphatic heterocycles. The molecule has 11 heavy (non-hydrogen) atoms. The first-order valence-electron chi connectivity index (χ1n) is 4.11. The lowest BCUT2D eigenvalue weighted by atomic mass is 10.3. The monoisotopic (exact) mass is 196 g/mol. The minimum atomic E-state index is -2.33. The molecule has 0 spiro atoms. The van der Waals surface area contributed by atoms with Crippen LogP contribution in [0.5, 0.6) is 0 Å². The molecule has 0 unspecified atom stereocenters. The SMILES string of the molecule is CC(C)CP(=O)(Cl)CC(C)C. The lowest BCUT2D eigenvalue weighted by molar-refractivity contribution is 0.567. The molecule has 0 aromatic carbocycles. The summed E-state index contributed by atoms with van der Waals surface area (Å²) in [5.74, 6) is 0.883. The van der Waals surface area contributed by atoms with Gasteiger partial charge in [-0.2, -0.15) is 0 Å². The van der Waals surface area contributed by atoms with Crippen molar-refractivity contribution in [1.82, 2.24) is 0 Å². The van der Waals surface area contributed by atoms with Gasteiger partial charge in [0.2, 0.25) is 0 Å². The number of hydrogen-bond acceptors (Lipinski definition) is 1. The fourth-order valence-electron chi connectivity index (χ4n) is 1.17. The molecule has 0 heterocycles. The summed E-state index contributed by atoms with van der Waals surface area (Å²) in [5, 5.41) is 0. The molecular weight excluding hydrogens is 179 g/mol. The molecule has 0 fully saturated rings. The van der Waals surface area contributed by atoms with E-state index in [1.165, 1.54) is 0 Å². The molecule has 0 amide bonds. The molecule has 0 saturated heterocycles. The van der Waals surface area contributed by atoms with E-state index in [0.717, 1.165) is 0 Å². The van der Waals surface area contributed by atoms with Gasteiger partial charge in [0.1, 0.15) is 0 Å². The molecule has 0 aromatic rings. The normalized spacial score (nSPS) is 13.0. The van der Waals surface area contributed by atoms with Gasteiger partial charge >= 0.3 is 0 Å². The summed E-state index contributed by atoms with van der Waals surface area (Å²) in [7, 11) is 0. The second-order valence-electron chi connectivity index (χ2n) is 3.94. The third kappa shape index (κ3) is 6.90. The smallest absolute Gasteiger partial charge is 0.170 e. The molecule has 0 rings (SSSR count). The molecule has 68 valence electrons. The van der Waals surface area contributed by atoms with Crippen molar-refractivity contribution in [1.29, 1.82) is 0 Å². The Kier molecular flexibility index (Phi) is 4.74. The Morgan fingerprint density at radius 3 is 1.55 bits per heavy atom. The van der Waals surface area contributed by atoms with E-state index in [2.05, 4.69) is 27.7 Å². The second-order valence-corrected chi connectivity index (χ2v) is 8.10. The van der Waals surface area contributed by atoms with Crippen molar-refractivity contribution in [3.63, 3.8) is 0 Å². The maximum Gasteiger partial charge on any atom is 0.170 e. The molecule has 0 aromatic heterocycles. The Labute approximate surface area is 74.7 Å². The summed E-state index contributed by atoms with van der Waals surface area (Å²) < 4.78 is 11.6. The predicted octanol–water partition coefficient (Wildman–Crippen LogP) is 3.82. The first kappa shape index (κ1) is 11.5. The first-order valence-corrected chi connectivity index (χ1v) is 7.09. The maximum atomic E-state index is 11.6. The Morgan fingerprint density at radius 1 is 1.09 bits per heavy atom. The van der Waals surface area contributed by atoms with Crippen LogP contribution in [0.4, 0.5) is 0 Å². The molecule has 0 N–H and O–H groups in total. The van der Waals surface area contributed by atoms with Crippen molar-refractivity contribution >= 4 is 17.7 Å². The third-order valence-electron chi connectivity index (χ3n) is 1.28. The highest BCUT2D eigenvalue weighted by Gasteiger charge is 2.20. The lowest BCUT2D eigenvalue weighted by Gasteiger charge is -2.14. The molecule has 0 aliphatic rings. The highest BCUT2D eigenvalue weighted by molar-refractivity contribution is 7.89. The van der Waals surface area contributed by atoms with Crippen LogP contribution in [0.15, 0.2) is 0 Å². The number of hydrogen-bond donors (Lipinski definition) is 0. The Hall–Kier alpha value is 0.520. The van der Waals surface area contributed by atoms with Gasteiger partial charge in [0.05, 0.1) is 0 Å². The lowest BCUT2D eigenvalue weighted by Crippen LogP contribution is -2.01. The largest absolute Gasteiger partial charge is 0.307 e. The first-order chi connectivity index (χ1) is 4.83. The average Bonchev–Trinajstić information content (AvgIpc) is 1.53. The van der Waals surface area contributed by atoms with Crippen molar-refractivity contribution < 1.29 is 4.57 Å². The van der Waals surface area contributed by atoms with Crippen LogP contribution in [-0.2, 0) is 4.57 Å². The van der Waals surface area contributed by atoms with E-state index in [9.17, 15) is 4.57 Å². The standard InChI is InChI=1S/C8H18ClOP/c1-7(2)5-11(9,10)6-8(3)4/h7-8H,5-6H2,1-4H3. The zero-order valence-electron chi connectivity index (χ0n) is 7.80. The molecule has 1 nitrogen and oxygen atoms in total. The summed E-state index contributed by atoms with van der Waals surface area (Å²) in [5.41, 5.74) is 0. The maximum absolute atomic E-state index is 11.6. The zero-order chi connectivity index (χ0) is 9.07. The summed E-state index contributed by atoms with van der Waals surface area (Å²) in [4.78, 5) is 0. The van der Waals surface area contributed by atoms with Gasteiger partial charge < -0.3 is 4.57 Å². The van der Waals surface area contributed by atoms with Crippen LogP contribution in [-0.4, -0.2) is 12.3 Å². The second kappa shape index (κ2) is 4.52. The molecule has 3 heteroatoms. The van der Waals surface area contributed by atoms with Gasteiger partial charge in [-0.05, 0) is 11.8 Å². The van der Waals surface area contributed by atoms with Crippen molar-refractivity contribution in [2.45, 2.75) is 27.7 Å². The molecule has 0 saturated carbocycles. The van der Waals surface area contributed by atoms with E-state index in [0.29, 0.717) is 24.2 Å². The summed E-state index contributed by atoms with van der Waals surface area (Å²) in [6.07, 6.45) is 1.35. The van der Waals surface area contributed by atoms with Crippen LogP contribution >= 0.6 is 17.7 Å². The molecule has 0 aliphatic carbocycles. The highest BCUT2D eigenvalue weighted by atomic mass is 35.7. The van der Waals surface area contributed by atoms with Crippen molar-refractivity contribution in [2.75, 3.05) is 12.3 Å². The van der Waals surface area contributed by atoms with Crippen molar-refractivity contribution in [3.05, 3.63) is 0 Å². The minimum absolute atomic E-state index is 0.442. The van der Waals surface area contributed by atoms with Crippen LogP contribution in [0.25, 0.3) is 0 Å². The highest BCUT2D eigenvalue weighted by Crippen LogP contribution is 2.53. The van der Waals surface area contributed by atoms with Crippen LogP contribution in [0.2, 0.25) is 0 Å². The van der Waals surface area contributed by atoms with Gasteiger partial charge in [0.25, 0.3) is 0 Å². The summed E-state index contributed by atoms with van der Waals surface area (Å²) in [6.45, 7) is 5.87. The Morgan fingerprint density at radius 2 is 1.36 bits per heavy atom. The van der Waals surface area contributed by atoms with E-state index in [-0.39, 0.29) is 0 Å². The van der Waals surface area contributed by atoms with Gasteiger partial charge in [-0.1, -0.05) is 38.9 Å². The molecule has 0 bridgehead atoms. The van der Waals surface area contributed by atoms with E-state index < -0.39 is 6.49 Å². The van der Waals surface area contributed by atoms with Gasteiger partial charge in [-0.15, -0.1) is 0 Å². The van der Waals surface area contributed by atoms with Crippen molar-refractivity contribution in [3.8, 4) is 0 Å². The van der Waals surface area contributed by atoms with Crippen molar-refractivity contribution in [2.24, 2.45) is 11.8 Å². The Balaban J connectivity index is 3.91.